The van der Waals surface area contributed by atoms with Gasteiger partial charge >= 0.3 is 0 Å². The Labute approximate surface area is 212 Å². The second-order valence-corrected chi connectivity index (χ2v) is 11.6. The first-order valence-electron chi connectivity index (χ1n) is 11.2. The molecule has 0 unspecified atom stereocenters. The van der Waals surface area contributed by atoms with E-state index in [0.717, 1.165) is 9.87 Å². The summed E-state index contributed by atoms with van der Waals surface area (Å²) in [7, 11) is -2.55. The molecule has 0 radical (unpaired) electrons. The number of nitrogens with zero attached hydrogens (tertiary/aromatic N) is 1. The predicted octanol–water partition coefficient (Wildman–Crippen LogP) is 5.72. The number of hydrogen-bond acceptors (Lipinski definition) is 4. The van der Waals surface area contributed by atoms with Gasteiger partial charge < -0.3 is 10.1 Å². The number of anilines is 1. The fourth-order valence-corrected chi connectivity index (χ4v) is 5.19. The van der Waals surface area contributed by atoms with Crippen molar-refractivity contribution < 1.29 is 17.9 Å². The van der Waals surface area contributed by atoms with Gasteiger partial charge in [0.25, 0.3) is 10.0 Å². The number of carbonyl (C=O) groups excluding carboxylic acids is 1. The van der Waals surface area contributed by atoms with Crippen LogP contribution in [0.2, 0.25) is 5.02 Å². The van der Waals surface area contributed by atoms with Crippen molar-refractivity contribution in [3.63, 3.8) is 0 Å². The van der Waals surface area contributed by atoms with Gasteiger partial charge in [-0.05, 0) is 65.9 Å². The summed E-state index contributed by atoms with van der Waals surface area (Å²) >= 11 is 6.13. The van der Waals surface area contributed by atoms with Gasteiger partial charge in [-0.3, -0.25) is 9.10 Å². The van der Waals surface area contributed by atoms with Gasteiger partial charge in [-0.15, -0.1) is 0 Å². The summed E-state index contributed by atoms with van der Waals surface area (Å²) in [6.45, 7) is 7.88. The molecule has 0 aromatic heterocycles. The Hall–Kier alpha value is -3.03. The van der Waals surface area contributed by atoms with E-state index < -0.39 is 22.5 Å². The smallest absolute Gasteiger partial charge is 0.264 e. The molecule has 0 bridgehead atoms. The third-order valence-electron chi connectivity index (χ3n) is 5.69. The van der Waals surface area contributed by atoms with E-state index in [1.165, 1.54) is 30.9 Å². The maximum Gasteiger partial charge on any atom is 0.264 e. The summed E-state index contributed by atoms with van der Waals surface area (Å²) in [5, 5.41) is 3.28. The number of sulfonamides is 1. The van der Waals surface area contributed by atoms with Crippen molar-refractivity contribution in [1.29, 1.82) is 0 Å². The van der Waals surface area contributed by atoms with E-state index in [2.05, 4.69) is 26.1 Å². The minimum atomic E-state index is -4.06. The van der Waals surface area contributed by atoms with Crippen LogP contribution in [0.25, 0.3) is 0 Å². The highest BCUT2D eigenvalue weighted by Gasteiger charge is 2.28. The average molecular weight is 515 g/mol. The highest BCUT2D eigenvalue weighted by Crippen LogP contribution is 2.28. The van der Waals surface area contributed by atoms with Crippen molar-refractivity contribution in [2.24, 2.45) is 0 Å². The SMILES string of the molecule is COc1ccc(S(=O)(=O)N(CC(=O)N[C@H](C)c2ccc(C(C)(C)C)cc2)c2cccc(Cl)c2)cc1. The molecule has 0 saturated carbocycles. The number of nitrogens with one attached hydrogen (secondary N) is 1. The van der Waals surface area contributed by atoms with E-state index in [1.807, 2.05) is 31.2 Å². The summed E-state index contributed by atoms with van der Waals surface area (Å²) < 4.78 is 33.2. The zero-order valence-corrected chi connectivity index (χ0v) is 22.2. The fraction of sp³-hybridized carbons (Fsp3) is 0.296. The highest BCUT2D eigenvalue weighted by atomic mass is 35.5. The van der Waals surface area contributed by atoms with Gasteiger partial charge in [-0.25, -0.2) is 8.42 Å². The van der Waals surface area contributed by atoms with Crippen molar-refractivity contribution in [1.82, 2.24) is 5.32 Å². The van der Waals surface area contributed by atoms with Crippen LogP contribution < -0.4 is 14.4 Å². The second-order valence-electron chi connectivity index (χ2n) is 9.33. The quantitative estimate of drug-likeness (QED) is 0.417. The average Bonchev–Trinajstić information content (AvgIpc) is 2.82. The van der Waals surface area contributed by atoms with Crippen molar-refractivity contribution in [3.8, 4) is 5.75 Å². The summed E-state index contributed by atoms with van der Waals surface area (Å²) in [6.07, 6.45) is 0. The van der Waals surface area contributed by atoms with Gasteiger partial charge in [0.2, 0.25) is 5.91 Å². The van der Waals surface area contributed by atoms with Crippen molar-refractivity contribution in [2.45, 2.75) is 44.0 Å². The lowest BCUT2D eigenvalue weighted by atomic mass is 9.86. The molecule has 35 heavy (non-hydrogen) atoms. The van der Waals surface area contributed by atoms with Crippen LogP contribution in [-0.2, 0) is 20.2 Å². The Bertz CT molecular complexity index is 1270. The molecule has 0 aliphatic carbocycles. The van der Waals surface area contributed by atoms with Gasteiger partial charge in [0.1, 0.15) is 12.3 Å². The largest absolute Gasteiger partial charge is 0.497 e. The Morgan fingerprint density at radius 3 is 2.20 bits per heavy atom. The lowest BCUT2D eigenvalue weighted by Crippen LogP contribution is -2.41. The molecule has 0 heterocycles. The zero-order chi connectivity index (χ0) is 25.8. The number of hydrogen-bond donors (Lipinski definition) is 1. The molecular weight excluding hydrogens is 484 g/mol. The Morgan fingerprint density at radius 2 is 1.66 bits per heavy atom. The van der Waals surface area contributed by atoms with Gasteiger partial charge in [0.15, 0.2) is 0 Å². The van der Waals surface area contributed by atoms with Gasteiger partial charge in [0.05, 0.1) is 23.7 Å². The Kier molecular flexibility index (Phi) is 8.13. The third-order valence-corrected chi connectivity index (χ3v) is 7.71. The molecule has 6 nitrogen and oxygen atoms in total. The number of halogens is 1. The van der Waals surface area contributed by atoms with Crippen molar-refractivity contribution in [2.75, 3.05) is 18.0 Å². The predicted molar refractivity (Wildman–Crippen MR) is 141 cm³/mol. The van der Waals surface area contributed by atoms with Crippen molar-refractivity contribution >= 4 is 33.2 Å². The first-order chi connectivity index (χ1) is 16.4. The molecule has 0 aliphatic rings. The molecule has 0 saturated heterocycles. The fourth-order valence-electron chi connectivity index (χ4n) is 3.59. The van der Waals surface area contributed by atoms with Crippen LogP contribution in [0.5, 0.6) is 5.75 Å². The molecular formula is C27H31ClN2O4S. The lowest BCUT2D eigenvalue weighted by molar-refractivity contribution is -0.120. The number of ether oxygens (including phenoxy) is 1. The van der Waals surface area contributed by atoms with Crippen LogP contribution in [0.1, 0.15) is 44.9 Å². The standard InChI is InChI=1S/C27H31ClN2O4S/c1-19(20-9-11-21(12-10-20)27(2,3)4)29-26(31)18-30(23-8-6-7-22(28)17-23)35(32,33)25-15-13-24(34-5)14-16-25/h6-17,19H,18H2,1-5H3,(H,29,31)/t19-/m1/s1. The molecule has 1 N–H and O–H groups in total. The number of rotatable bonds is 8. The van der Waals surface area contributed by atoms with Crippen LogP contribution in [0.15, 0.2) is 77.7 Å². The van der Waals surface area contributed by atoms with Crippen LogP contribution in [0, 0.1) is 0 Å². The Balaban J connectivity index is 1.85. The molecule has 0 aliphatic heterocycles. The topological polar surface area (TPSA) is 75.7 Å². The van der Waals surface area contributed by atoms with E-state index in [1.54, 1.807) is 30.3 Å². The molecule has 0 spiro atoms. The van der Waals surface area contributed by atoms with Gasteiger partial charge in [0, 0.05) is 5.02 Å². The lowest BCUT2D eigenvalue weighted by Gasteiger charge is -2.25. The van der Waals surface area contributed by atoms with Crippen LogP contribution in [0.4, 0.5) is 5.69 Å². The normalized spacial score (nSPS) is 12.6. The summed E-state index contributed by atoms with van der Waals surface area (Å²) in [5.41, 5.74) is 2.44. The minimum absolute atomic E-state index is 0.0261. The molecule has 0 fully saturated rings. The minimum Gasteiger partial charge on any atom is -0.497 e. The molecule has 8 heteroatoms. The van der Waals surface area contributed by atoms with E-state index >= 15 is 0 Å². The summed E-state index contributed by atoms with van der Waals surface area (Å²) in [5.74, 6) is 0.0942. The molecule has 186 valence electrons. The number of benzene rings is 3. The van der Waals surface area contributed by atoms with E-state index in [-0.39, 0.29) is 16.4 Å². The molecule has 1 atom stereocenters. The number of carbonyl (C=O) groups is 1. The van der Waals surface area contributed by atoms with Gasteiger partial charge in [-0.2, -0.15) is 0 Å². The Morgan fingerprint density at radius 1 is 1.03 bits per heavy atom. The first-order valence-corrected chi connectivity index (χ1v) is 13.1. The highest BCUT2D eigenvalue weighted by molar-refractivity contribution is 7.92. The first kappa shape index (κ1) is 26.6. The molecule has 3 aromatic rings. The van der Waals surface area contributed by atoms with Crippen molar-refractivity contribution in [3.05, 3.63) is 88.9 Å². The van der Waals surface area contributed by atoms with E-state index in [0.29, 0.717) is 16.5 Å². The van der Waals surface area contributed by atoms with Crippen LogP contribution >= 0.6 is 11.6 Å². The zero-order valence-electron chi connectivity index (χ0n) is 20.6. The second kappa shape index (κ2) is 10.7. The van der Waals surface area contributed by atoms with E-state index in [9.17, 15) is 13.2 Å². The summed E-state index contributed by atoms with van der Waals surface area (Å²) in [6, 6.07) is 20.2. The van der Waals surface area contributed by atoms with Crippen LogP contribution in [0.3, 0.4) is 0 Å². The maximum absolute atomic E-state index is 13.5. The van der Waals surface area contributed by atoms with E-state index in [4.69, 9.17) is 16.3 Å². The van der Waals surface area contributed by atoms with Crippen LogP contribution in [-0.4, -0.2) is 28.0 Å². The molecule has 1 amide bonds. The number of methoxy groups -OCH3 is 1. The third kappa shape index (κ3) is 6.55. The summed E-state index contributed by atoms with van der Waals surface area (Å²) in [4.78, 5) is 13.1. The monoisotopic (exact) mass is 514 g/mol. The van der Waals surface area contributed by atoms with Gasteiger partial charge in [-0.1, -0.05) is 62.7 Å². The maximum atomic E-state index is 13.5. The number of amides is 1. The molecule has 3 rings (SSSR count). The molecule has 3 aromatic carbocycles.